The Bertz CT molecular complexity index is 4590. The quantitative estimate of drug-likeness (QED) is 0.0469. The monoisotopic (exact) mass is 1790 g/mol. The predicted molar refractivity (Wildman–Crippen MR) is 346 cm³/mol. The molecular weight excluding hydrogens is 1720 g/mol. The summed E-state index contributed by atoms with van der Waals surface area (Å²) in [5.74, 6) is -0.686. The lowest BCUT2D eigenvalue weighted by atomic mass is 10.1. The first-order valence-electron chi connectivity index (χ1n) is 30.2. The molecule has 626 valence electrons. The van der Waals surface area contributed by atoms with Gasteiger partial charge in [-0.1, -0.05) is 0 Å². The molecule has 111 heavy (non-hydrogen) atoms. The number of aliphatic hydroxyl groups excluding tert-OH is 2. The van der Waals surface area contributed by atoms with Gasteiger partial charge in [0.25, 0.3) is 10.1 Å². The summed E-state index contributed by atoms with van der Waals surface area (Å²) < 4.78 is 334. The number of nitrogens with zero attached hydrogens (tertiary/aromatic N) is 16. The van der Waals surface area contributed by atoms with Crippen molar-refractivity contribution in [2.75, 3.05) is 19.5 Å². The van der Waals surface area contributed by atoms with Gasteiger partial charge >= 0.3 is 55.4 Å². The fraction of sp³-hybridized carbons (Fsp3) is 0.542. The van der Waals surface area contributed by atoms with Gasteiger partial charge in [0.05, 0.1) is 59.5 Å². The molecule has 0 spiro atoms. The molecule has 3 N–H and O–H groups in total. The van der Waals surface area contributed by atoms with E-state index >= 15 is 0 Å². The maximum atomic E-state index is 12.7. The van der Waals surface area contributed by atoms with Crippen molar-refractivity contribution in [1.82, 2.24) is 78.7 Å². The normalized spacial score (nSPS) is 12.1. The van der Waals surface area contributed by atoms with Crippen LogP contribution in [0.4, 0.5) is 105 Å². The minimum Gasteiger partial charge on any atom is -0.466 e. The summed E-state index contributed by atoms with van der Waals surface area (Å²) >= 11 is 5.61. The molecule has 0 aliphatic rings. The predicted octanol–water partition coefficient (Wildman–Crippen LogP) is 14.0. The van der Waals surface area contributed by atoms with Crippen molar-refractivity contribution in [2.24, 2.45) is 49.3 Å². The van der Waals surface area contributed by atoms with E-state index < -0.39 is 136 Å². The first-order valence-corrected chi connectivity index (χ1v) is 33.6. The van der Waals surface area contributed by atoms with Gasteiger partial charge in [0.2, 0.25) is 0 Å². The van der Waals surface area contributed by atoms with Crippen LogP contribution >= 0.6 is 31.9 Å². The van der Waals surface area contributed by atoms with Gasteiger partial charge in [-0.15, -0.1) is 0 Å². The average molecular weight is 1790 g/mol. The van der Waals surface area contributed by atoms with Crippen molar-refractivity contribution < 1.29 is 143 Å². The second-order valence-electron chi connectivity index (χ2n) is 22.5. The van der Waals surface area contributed by atoms with Gasteiger partial charge in [0.15, 0.2) is 51.8 Å². The molecule has 8 aromatic heterocycles. The molecule has 0 unspecified atom stereocenters. The van der Waals surface area contributed by atoms with Gasteiger partial charge in [-0.05, 0) is 101 Å². The molecule has 0 radical (unpaired) electrons. The third-order valence-corrected chi connectivity index (χ3v) is 17.4. The van der Waals surface area contributed by atoms with Crippen molar-refractivity contribution in [3.8, 4) is 6.07 Å². The number of ether oxygens (including phenoxy) is 1. The number of esters is 1. The molecule has 0 fully saturated rings. The summed E-state index contributed by atoms with van der Waals surface area (Å²) in [6.45, 7) is 12.0. The first-order chi connectivity index (χ1) is 50.1. The number of carbonyl (C=O) groups excluding carboxylic acids is 2. The summed E-state index contributed by atoms with van der Waals surface area (Å²) in [4.78, 5) is 21.6. The summed E-state index contributed by atoms with van der Waals surface area (Å²) in [5.41, 5.74) is -6.13. The number of aromatic amines is 1. The van der Waals surface area contributed by atoms with Crippen LogP contribution in [0.15, 0.2) is 8.95 Å². The van der Waals surface area contributed by atoms with E-state index in [0.29, 0.717) is 34.2 Å². The highest BCUT2D eigenvalue weighted by Crippen LogP contribution is 2.40. The molecule has 0 aromatic carbocycles. The molecule has 25 nitrogen and oxygen atoms in total. The molecule has 8 aromatic rings. The van der Waals surface area contributed by atoms with Gasteiger partial charge in [-0.2, -0.15) is 160 Å². The van der Waals surface area contributed by atoms with Gasteiger partial charge in [0, 0.05) is 129 Å². The van der Waals surface area contributed by atoms with Crippen LogP contribution in [-0.4, -0.2) is 129 Å². The Morgan fingerprint density at radius 2 is 0.775 bits per heavy atom. The van der Waals surface area contributed by atoms with Crippen molar-refractivity contribution in [3.63, 3.8) is 0 Å². The van der Waals surface area contributed by atoms with Crippen LogP contribution in [0.3, 0.4) is 0 Å². The first kappa shape index (κ1) is 100. The van der Waals surface area contributed by atoms with Gasteiger partial charge in [0.1, 0.15) is 0 Å². The summed E-state index contributed by atoms with van der Waals surface area (Å²) in [6.07, 6.45) is -35.7. The van der Waals surface area contributed by atoms with E-state index in [0.717, 1.165) is 29.7 Å². The number of rotatable bonds is 11. The Balaban J connectivity index is 0.000000637. The van der Waals surface area contributed by atoms with Gasteiger partial charge in [-0.3, -0.25) is 51.6 Å². The van der Waals surface area contributed by atoms with E-state index in [1.165, 1.54) is 100 Å². The van der Waals surface area contributed by atoms with Crippen molar-refractivity contribution in [2.45, 2.75) is 144 Å². The number of alkyl halides is 24. The molecule has 52 heteroatoms. The number of nitrogens with one attached hydrogen (secondary N) is 1. The van der Waals surface area contributed by atoms with E-state index in [2.05, 4.69) is 86.7 Å². The smallest absolute Gasteiger partial charge is 0.436 e. The van der Waals surface area contributed by atoms with E-state index in [1.807, 2.05) is 0 Å². The average Bonchev–Trinajstić information content (AvgIpc) is 1.67. The molecule has 0 amide bonds. The maximum Gasteiger partial charge on any atom is 0.436 e. The molecule has 0 saturated carbocycles. The molecule has 0 bridgehead atoms. The number of aliphatic hydroxyl groups is 2. The van der Waals surface area contributed by atoms with Crippen LogP contribution in [0.5, 0.6) is 0 Å². The Morgan fingerprint density at radius 1 is 0.468 bits per heavy atom. The summed E-state index contributed by atoms with van der Waals surface area (Å²) in [5, 5.41) is 54.3. The van der Waals surface area contributed by atoms with E-state index in [-0.39, 0.29) is 80.5 Å². The zero-order valence-corrected chi connectivity index (χ0v) is 64.8. The lowest BCUT2D eigenvalue weighted by molar-refractivity contribution is -0.145. The van der Waals surface area contributed by atoms with Gasteiger partial charge < -0.3 is 14.9 Å². The number of carbonyl (C=O) groups is 2. The summed E-state index contributed by atoms with van der Waals surface area (Å²) in [7, 11) is 6.05. The lowest BCUT2D eigenvalue weighted by Crippen LogP contribution is -2.14. The number of hydrogen-bond acceptors (Lipinski definition) is 17. The molecule has 0 aliphatic carbocycles. The van der Waals surface area contributed by atoms with Crippen LogP contribution in [0.1, 0.15) is 136 Å². The topological polar surface area (TPSA) is 304 Å². The Kier molecular flexibility index (Phi) is 35.5. The molecular formula is C59H69Br2F24N17O8S. The van der Waals surface area contributed by atoms with Crippen LogP contribution < -0.4 is 0 Å². The largest absolute Gasteiger partial charge is 0.466 e. The van der Waals surface area contributed by atoms with E-state index in [4.69, 9.17) is 15.5 Å². The molecule has 0 aliphatic heterocycles. The number of aldehydes is 1. The molecule has 0 saturated heterocycles. The molecule has 8 rings (SSSR count). The highest BCUT2D eigenvalue weighted by Gasteiger charge is 2.44. The maximum absolute atomic E-state index is 12.7. The van der Waals surface area contributed by atoms with Crippen LogP contribution in [0.25, 0.3) is 0 Å². The Morgan fingerprint density at radius 3 is 1.05 bits per heavy atom. The zero-order valence-electron chi connectivity index (χ0n) is 60.8. The minimum absolute atomic E-state index is 0.0116. The van der Waals surface area contributed by atoms with E-state index in [9.17, 15) is 123 Å². The number of H-pyrrole nitrogens is 1. The number of aryl methyl sites for hydroxylation is 8. The van der Waals surface area contributed by atoms with Crippen LogP contribution in [0.2, 0.25) is 0 Å². The fourth-order valence-corrected chi connectivity index (χ4v) is 9.83. The van der Waals surface area contributed by atoms with Gasteiger partial charge in [-0.25, -0.2) is 0 Å². The van der Waals surface area contributed by atoms with Crippen LogP contribution in [0, 0.1) is 66.7 Å². The standard InChI is InChI=1S/C10H13F3N2O2.C8H8F3N3.C8H11F3N2O3S.C8H11F3N2O.C7H9F3N2O.C7H7F3N2O.C6H6BrF3N2.C5H4BrF3N2/c1-4-17-8(16)5-7-6(2)15(3)14-9(7)10(11,12)13;1-5-6(3-4-12)7(8(9,10)11)13-14(5)2;1-5-6(4-16-17(3,14)15)7(8(9,10)11)12-13(5)2;1-5-6(3-4-14)7(8(9,10)11)12-13(5)2;2*1-4-5(3-13)6(7(8,9)10)11-12(4)2;1-3-4(7)5(6(8,9)10)11-12(3)2;1-2-3(6)4(11-10-2)5(7,8)9/h4-5H2,1-3H3;3H2,1-2H3;4H2,1-3H3;14H,3-4H2,1-2H3;13H,3H2,1-2H3;3H,1-2H3;1-2H3;1H3,(H,10,11). The Hall–Kier alpha value is -8.58. The van der Waals surface area contributed by atoms with Crippen LogP contribution in [-0.2, 0) is 155 Å². The summed E-state index contributed by atoms with van der Waals surface area (Å²) in [6, 6.07) is 1.70. The minimum atomic E-state index is -4.64. The third-order valence-electron chi connectivity index (χ3n) is 14.9. The number of hydrogen-bond donors (Lipinski definition) is 3. The number of halogens is 26. The molecule has 8 heterocycles. The fourth-order valence-electron chi connectivity index (χ4n) is 8.54. The van der Waals surface area contributed by atoms with E-state index in [1.54, 1.807) is 26.8 Å². The number of nitriles is 1. The zero-order chi connectivity index (χ0) is 87.1. The number of aromatic nitrogens is 16. The SMILES string of the molecule is CCOC(=O)Cc1c(C(F)(F)F)nn(C)c1C.Cc1[nH]nc(C(F)(F)F)c1Br.Cc1c(Br)c(C(F)(F)F)nn1C.Cc1c(C=O)c(C(F)(F)F)nn1C.Cc1c(CC#N)c(C(F)(F)F)nn1C.Cc1c(CCO)c(C(F)(F)F)nn1C.Cc1c(CO)c(C(F)(F)F)nn1C.Cc1c(COS(C)(=O)=O)c(C(F)(F)F)nn1C. The van der Waals surface area contributed by atoms with Crippen molar-refractivity contribution in [1.29, 1.82) is 5.26 Å². The second kappa shape index (κ2) is 39.3. The van der Waals surface area contributed by atoms with Crippen molar-refractivity contribution in [3.05, 3.63) is 133 Å². The highest BCUT2D eigenvalue weighted by molar-refractivity contribution is 9.11. The van der Waals surface area contributed by atoms with Crippen molar-refractivity contribution >= 4 is 54.2 Å². The lowest BCUT2D eigenvalue weighted by Gasteiger charge is -2.06. The molecule has 0 atom stereocenters. The Labute approximate surface area is 630 Å². The third kappa shape index (κ3) is 28.5. The highest BCUT2D eigenvalue weighted by atomic mass is 79.9. The second-order valence-corrected chi connectivity index (χ2v) is 25.8.